The Bertz CT molecular complexity index is 1950. The lowest BCUT2D eigenvalue weighted by Gasteiger charge is -2.48. The van der Waals surface area contributed by atoms with E-state index < -0.39 is 0 Å². The molecule has 0 radical (unpaired) electrons. The van der Waals surface area contributed by atoms with Gasteiger partial charge in [0.25, 0.3) is 5.91 Å². The maximum atomic E-state index is 14.6. The van der Waals surface area contributed by atoms with Crippen LogP contribution in [0.25, 0.3) is 11.0 Å². The number of halogens is 2. The van der Waals surface area contributed by atoms with E-state index in [9.17, 15) is 4.79 Å². The summed E-state index contributed by atoms with van der Waals surface area (Å²) in [6.07, 6.45) is 7.50. The van der Waals surface area contributed by atoms with Crippen molar-refractivity contribution in [3.05, 3.63) is 105 Å². The third kappa shape index (κ3) is 7.73. The van der Waals surface area contributed by atoms with Gasteiger partial charge in [-0.2, -0.15) is 0 Å². The molecule has 1 saturated heterocycles. The van der Waals surface area contributed by atoms with Gasteiger partial charge in [-0.25, -0.2) is 4.98 Å². The number of pyridine rings is 1. The number of benzene rings is 3. The van der Waals surface area contributed by atoms with Gasteiger partial charge in [0.2, 0.25) is 11.7 Å². The van der Waals surface area contributed by atoms with E-state index in [1.807, 2.05) is 54.5 Å². The normalized spacial score (nSPS) is 16.0. The summed E-state index contributed by atoms with van der Waals surface area (Å²) in [5.74, 6) is 1.62. The van der Waals surface area contributed by atoms with Crippen molar-refractivity contribution in [2.75, 3.05) is 40.2 Å². The van der Waals surface area contributed by atoms with Crippen molar-refractivity contribution in [3.63, 3.8) is 0 Å². The second-order valence-corrected chi connectivity index (χ2v) is 13.6. The standard InChI is InChI=1S/C39H44Cl2N6O4/c1-6-28(25-15-16-29(40)30(41)20-25)37(46(2)38(48)27-21-32(49-3)36(51-5)33(22-27)50-4)47-18-8-7-14-34(47)44-39-43-31-13-9-12-26(35(31)45-39)19-24-11-10-17-42-23-24/h9-13,15-17,20-23,28,34,37H,6-8,14,18-19H2,1-5H3,(H2,43,44,45). The molecule has 1 aliphatic rings. The third-order valence-electron chi connectivity index (χ3n) is 9.70. The summed E-state index contributed by atoms with van der Waals surface area (Å²) in [4.78, 5) is 31.6. The number of ether oxygens (including phenoxy) is 3. The summed E-state index contributed by atoms with van der Waals surface area (Å²) in [5, 5.41) is 4.69. The number of amides is 1. The molecule has 1 amide bonds. The number of carbonyl (C=O) groups is 1. The van der Waals surface area contributed by atoms with Gasteiger partial charge in [-0.05, 0) is 78.8 Å². The Morgan fingerprint density at radius 1 is 1.02 bits per heavy atom. The molecule has 12 heteroatoms. The number of anilines is 1. The topological polar surface area (TPSA) is 105 Å². The lowest BCUT2D eigenvalue weighted by molar-refractivity contribution is 0.00154. The number of likely N-dealkylation sites (tertiary alicyclic amines) is 1. The molecule has 3 unspecified atom stereocenters. The van der Waals surface area contributed by atoms with Crippen LogP contribution >= 0.6 is 23.2 Å². The lowest BCUT2D eigenvalue weighted by Crippen LogP contribution is -2.59. The first kappa shape index (κ1) is 36.3. The second-order valence-electron chi connectivity index (χ2n) is 12.8. The van der Waals surface area contributed by atoms with Crippen LogP contribution in [0.4, 0.5) is 5.95 Å². The van der Waals surface area contributed by atoms with E-state index in [1.165, 1.54) is 0 Å². The molecule has 3 atom stereocenters. The number of para-hydroxylation sites is 1. The molecule has 51 heavy (non-hydrogen) atoms. The van der Waals surface area contributed by atoms with Crippen LogP contribution in [0.2, 0.25) is 10.0 Å². The minimum absolute atomic E-state index is 0.111. The van der Waals surface area contributed by atoms with Crippen LogP contribution in [-0.4, -0.2) is 77.9 Å². The van der Waals surface area contributed by atoms with Crippen molar-refractivity contribution >= 4 is 46.1 Å². The van der Waals surface area contributed by atoms with Crippen molar-refractivity contribution in [3.8, 4) is 17.2 Å². The van der Waals surface area contributed by atoms with Crippen molar-refractivity contribution in [1.82, 2.24) is 24.8 Å². The zero-order valence-electron chi connectivity index (χ0n) is 29.6. The highest BCUT2D eigenvalue weighted by molar-refractivity contribution is 6.42. The average Bonchev–Trinajstić information content (AvgIpc) is 3.58. The van der Waals surface area contributed by atoms with Crippen LogP contribution in [0.5, 0.6) is 17.2 Å². The highest BCUT2D eigenvalue weighted by Gasteiger charge is 2.39. The number of rotatable bonds is 13. The van der Waals surface area contributed by atoms with Gasteiger partial charge in [-0.3, -0.25) is 14.7 Å². The van der Waals surface area contributed by atoms with E-state index in [4.69, 9.17) is 42.4 Å². The van der Waals surface area contributed by atoms with Gasteiger partial charge in [0.05, 0.1) is 54.7 Å². The number of nitrogens with zero attached hydrogens (tertiary/aromatic N) is 4. The van der Waals surface area contributed by atoms with Gasteiger partial charge in [0.1, 0.15) is 0 Å². The van der Waals surface area contributed by atoms with Crippen LogP contribution in [0.3, 0.4) is 0 Å². The van der Waals surface area contributed by atoms with Crippen LogP contribution in [0, 0.1) is 0 Å². The van der Waals surface area contributed by atoms with Crippen molar-refractivity contribution in [2.24, 2.45) is 0 Å². The van der Waals surface area contributed by atoms with Gasteiger partial charge in [-0.1, -0.05) is 54.4 Å². The van der Waals surface area contributed by atoms with Crippen molar-refractivity contribution in [1.29, 1.82) is 0 Å². The molecular weight excluding hydrogens is 687 g/mol. The fourth-order valence-electron chi connectivity index (χ4n) is 7.22. The summed E-state index contributed by atoms with van der Waals surface area (Å²) < 4.78 is 16.7. The number of fused-ring (bicyclic) bond motifs is 1. The highest BCUT2D eigenvalue weighted by atomic mass is 35.5. The summed E-state index contributed by atoms with van der Waals surface area (Å²) >= 11 is 13.0. The molecule has 2 N–H and O–H groups in total. The predicted molar refractivity (Wildman–Crippen MR) is 203 cm³/mol. The number of hydrogen-bond acceptors (Lipinski definition) is 8. The van der Waals surface area contributed by atoms with E-state index in [1.54, 1.807) is 39.7 Å². The molecule has 6 rings (SSSR count). The zero-order chi connectivity index (χ0) is 36.1. The molecule has 268 valence electrons. The molecule has 3 heterocycles. The smallest absolute Gasteiger partial charge is 0.255 e. The monoisotopic (exact) mass is 730 g/mol. The summed E-state index contributed by atoms with van der Waals surface area (Å²) in [6, 6.07) is 19.4. The first-order valence-corrected chi connectivity index (χ1v) is 17.9. The molecule has 3 aromatic carbocycles. The number of methoxy groups -OCH3 is 3. The molecule has 0 saturated carbocycles. The summed E-state index contributed by atoms with van der Waals surface area (Å²) in [6.45, 7) is 2.90. The number of carbonyl (C=O) groups excluding carboxylic acids is 1. The largest absolute Gasteiger partial charge is 0.493 e. The Kier molecular flexibility index (Phi) is 11.5. The molecule has 5 aromatic rings. The number of imidazole rings is 1. The van der Waals surface area contributed by atoms with Crippen molar-refractivity contribution in [2.45, 2.75) is 57.3 Å². The Hall–Kier alpha value is -4.51. The lowest BCUT2D eigenvalue weighted by atomic mass is 9.89. The van der Waals surface area contributed by atoms with Gasteiger partial charge < -0.3 is 29.4 Å². The highest BCUT2D eigenvalue weighted by Crippen LogP contribution is 2.40. The molecule has 1 aliphatic heterocycles. The number of nitrogens with one attached hydrogen (secondary N) is 2. The zero-order valence-corrected chi connectivity index (χ0v) is 31.1. The minimum Gasteiger partial charge on any atom is -0.493 e. The maximum absolute atomic E-state index is 14.6. The Balaban J connectivity index is 1.38. The number of likely N-dealkylation sites (N-methyl/N-ethyl adjacent to an activating group) is 1. The SMILES string of the molecule is CCC(c1ccc(Cl)c(Cl)c1)C(N(C)C(=O)c1cc(OC)c(OC)c(OC)c1)N1CCCCC1Nc1nc2c(Cc3cccnc3)cccc2[nH]1. The fraction of sp³-hybridized carbons (Fsp3) is 0.359. The Morgan fingerprint density at radius 2 is 1.80 bits per heavy atom. The van der Waals surface area contributed by atoms with Gasteiger partial charge in [0.15, 0.2) is 11.5 Å². The van der Waals surface area contributed by atoms with Crippen LogP contribution < -0.4 is 19.5 Å². The minimum atomic E-state index is -0.373. The molecular formula is C39H44Cl2N6O4. The number of aromatic nitrogens is 3. The molecule has 0 spiro atoms. The molecule has 1 fully saturated rings. The Labute approximate surface area is 309 Å². The van der Waals surface area contributed by atoms with Gasteiger partial charge in [-0.15, -0.1) is 0 Å². The molecule has 10 nitrogen and oxygen atoms in total. The third-order valence-corrected chi connectivity index (χ3v) is 10.4. The Morgan fingerprint density at radius 3 is 2.47 bits per heavy atom. The second kappa shape index (κ2) is 16.2. The first-order chi connectivity index (χ1) is 24.8. The molecule has 2 aromatic heterocycles. The molecule has 0 aliphatic carbocycles. The number of piperidine rings is 1. The van der Waals surface area contributed by atoms with E-state index >= 15 is 0 Å². The first-order valence-electron chi connectivity index (χ1n) is 17.2. The number of hydrogen-bond donors (Lipinski definition) is 2. The van der Waals surface area contributed by atoms with Crippen LogP contribution in [-0.2, 0) is 6.42 Å². The van der Waals surface area contributed by atoms with E-state index in [0.29, 0.717) is 38.8 Å². The van der Waals surface area contributed by atoms with Gasteiger partial charge >= 0.3 is 0 Å². The number of H-pyrrole nitrogens is 1. The average molecular weight is 732 g/mol. The van der Waals surface area contributed by atoms with Crippen molar-refractivity contribution < 1.29 is 19.0 Å². The summed E-state index contributed by atoms with van der Waals surface area (Å²) in [5.41, 5.74) is 5.52. The van der Waals surface area contributed by atoms with Crippen LogP contribution in [0.1, 0.15) is 65.6 Å². The van der Waals surface area contributed by atoms with Gasteiger partial charge in [0, 0.05) is 43.9 Å². The summed E-state index contributed by atoms with van der Waals surface area (Å²) in [7, 11) is 6.48. The van der Waals surface area contributed by atoms with Crippen LogP contribution in [0.15, 0.2) is 73.1 Å². The predicted octanol–water partition coefficient (Wildman–Crippen LogP) is 8.40. The van der Waals surface area contributed by atoms with E-state index in [-0.39, 0.29) is 24.2 Å². The molecule has 0 bridgehead atoms. The van der Waals surface area contributed by atoms with E-state index in [2.05, 4.69) is 39.2 Å². The maximum Gasteiger partial charge on any atom is 0.255 e. The quantitative estimate of drug-likeness (QED) is 0.125. The fourth-order valence-corrected chi connectivity index (χ4v) is 7.53. The number of aromatic amines is 1. The van der Waals surface area contributed by atoms with E-state index in [0.717, 1.165) is 66.4 Å².